The summed E-state index contributed by atoms with van der Waals surface area (Å²) < 4.78 is 0. The van der Waals surface area contributed by atoms with E-state index in [0.29, 0.717) is 0 Å². The van der Waals surface area contributed by atoms with Crippen LogP contribution in [0.4, 0.5) is 0 Å². The molecule has 0 radical (unpaired) electrons. The smallest absolute Gasteiger partial charge is 0.0755 e. The number of aliphatic hydroxyl groups excluding tert-OH is 1. The molecule has 0 saturated carbocycles. The van der Waals surface area contributed by atoms with E-state index < -0.39 is 6.10 Å². The van der Waals surface area contributed by atoms with Crippen molar-refractivity contribution in [2.45, 2.75) is 31.8 Å². The number of rotatable bonds is 9. The van der Waals surface area contributed by atoms with Gasteiger partial charge in [-0.25, -0.2) is 0 Å². The molecular weight excluding hydrogens is 328 g/mol. The number of aliphatic hydroxyl groups is 1. The Bertz CT molecular complexity index is 752. The molecule has 0 aliphatic carbocycles. The molecule has 1 atom stereocenters. The van der Waals surface area contributed by atoms with E-state index in [9.17, 15) is 5.11 Å². The van der Waals surface area contributed by atoms with Crippen molar-refractivity contribution in [3.63, 3.8) is 0 Å². The summed E-state index contributed by atoms with van der Waals surface area (Å²) in [6.45, 7) is 0. The highest BCUT2D eigenvalue weighted by atomic mass is 16.3. The van der Waals surface area contributed by atoms with Crippen LogP contribution in [0.25, 0.3) is 0 Å². The van der Waals surface area contributed by atoms with E-state index in [1.807, 2.05) is 24.3 Å². The van der Waals surface area contributed by atoms with Gasteiger partial charge >= 0.3 is 0 Å². The summed E-state index contributed by atoms with van der Waals surface area (Å²) in [5.74, 6) is 0.169. The molecule has 0 bridgehead atoms. The molecular formula is C26H28O. The molecule has 3 rings (SSSR count). The van der Waals surface area contributed by atoms with Crippen molar-refractivity contribution < 1.29 is 5.11 Å². The minimum absolute atomic E-state index is 0.169. The topological polar surface area (TPSA) is 20.2 Å². The molecule has 0 fully saturated rings. The zero-order valence-corrected chi connectivity index (χ0v) is 15.7. The Morgan fingerprint density at radius 1 is 0.630 bits per heavy atom. The quantitative estimate of drug-likeness (QED) is 0.492. The summed E-state index contributed by atoms with van der Waals surface area (Å²) in [6, 6.07) is 31.4. The summed E-state index contributed by atoms with van der Waals surface area (Å²) in [6.07, 6.45) is 7.37. The first-order valence-corrected chi connectivity index (χ1v) is 9.78. The Morgan fingerprint density at radius 2 is 1.07 bits per heavy atom. The maximum absolute atomic E-state index is 10.8. The maximum atomic E-state index is 10.8. The zero-order valence-electron chi connectivity index (χ0n) is 15.7. The Morgan fingerprint density at radius 3 is 1.56 bits per heavy atom. The molecule has 0 aliphatic rings. The Kier molecular flexibility index (Phi) is 7.44. The lowest BCUT2D eigenvalue weighted by Crippen LogP contribution is -2.23. The van der Waals surface area contributed by atoms with Gasteiger partial charge in [0.25, 0.3) is 0 Å². The van der Waals surface area contributed by atoms with Gasteiger partial charge in [-0.3, -0.25) is 0 Å². The maximum Gasteiger partial charge on any atom is 0.0755 e. The van der Waals surface area contributed by atoms with E-state index in [2.05, 4.69) is 78.9 Å². The second-order valence-electron chi connectivity index (χ2n) is 7.08. The van der Waals surface area contributed by atoms with Crippen molar-refractivity contribution in [3.8, 4) is 0 Å². The van der Waals surface area contributed by atoms with Gasteiger partial charge in [0.05, 0.1) is 6.10 Å². The van der Waals surface area contributed by atoms with Crippen LogP contribution in [0.5, 0.6) is 0 Å². The molecule has 0 spiro atoms. The van der Waals surface area contributed by atoms with Gasteiger partial charge in [0.15, 0.2) is 0 Å². The van der Waals surface area contributed by atoms with Gasteiger partial charge < -0.3 is 5.11 Å². The van der Waals surface area contributed by atoms with Crippen molar-refractivity contribution in [2.75, 3.05) is 0 Å². The first kappa shape index (κ1) is 19.1. The van der Waals surface area contributed by atoms with Crippen LogP contribution < -0.4 is 0 Å². The van der Waals surface area contributed by atoms with Gasteiger partial charge in [-0.1, -0.05) is 103 Å². The van der Waals surface area contributed by atoms with Crippen LogP contribution in [-0.4, -0.2) is 11.2 Å². The molecule has 1 heteroatoms. The lowest BCUT2D eigenvalue weighted by atomic mass is 9.87. The Hall–Kier alpha value is -2.64. The fourth-order valence-electron chi connectivity index (χ4n) is 3.43. The van der Waals surface area contributed by atoms with E-state index in [1.54, 1.807) is 0 Å². The van der Waals surface area contributed by atoms with Crippen LogP contribution in [0.15, 0.2) is 103 Å². The Labute approximate surface area is 163 Å². The van der Waals surface area contributed by atoms with Gasteiger partial charge in [0.2, 0.25) is 0 Å². The fourth-order valence-corrected chi connectivity index (χ4v) is 3.43. The monoisotopic (exact) mass is 356 g/mol. The van der Waals surface area contributed by atoms with E-state index >= 15 is 0 Å². The average molecular weight is 357 g/mol. The average Bonchev–Trinajstić information content (AvgIpc) is 2.73. The summed E-state index contributed by atoms with van der Waals surface area (Å²) in [4.78, 5) is 0. The number of aryl methyl sites for hydroxylation is 1. The second kappa shape index (κ2) is 10.5. The van der Waals surface area contributed by atoms with Crippen molar-refractivity contribution >= 4 is 0 Å². The molecule has 0 heterocycles. The molecule has 1 unspecified atom stereocenters. The number of benzene rings is 3. The van der Waals surface area contributed by atoms with Crippen LogP contribution in [0.1, 0.15) is 23.1 Å². The van der Waals surface area contributed by atoms with Gasteiger partial charge in [-0.05, 0) is 48.3 Å². The third kappa shape index (κ3) is 6.54. The minimum atomic E-state index is -0.443. The van der Waals surface area contributed by atoms with Crippen LogP contribution in [0.2, 0.25) is 0 Å². The summed E-state index contributed by atoms with van der Waals surface area (Å²) in [5.41, 5.74) is 3.88. The van der Waals surface area contributed by atoms with Crippen molar-refractivity contribution in [2.24, 2.45) is 5.92 Å². The van der Waals surface area contributed by atoms with E-state index in [4.69, 9.17) is 0 Å². The summed E-state index contributed by atoms with van der Waals surface area (Å²) in [5, 5.41) is 10.8. The first-order chi connectivity index (χ1) is 13.3. The number of hydrogen-bond acceptors (Lipinski definition) is 1. The first-order valence-electron chi connectivity index (χ1n) is 9.78. The summed E-state index contributed by atoms with van der Waals surface area (Å²) in [7, 11) is 0. The predicted octanol–water partition coefficient (Wildman–Crippen LogP) is 5.64. The van der Waals surface area contributed by atoms with E-state index in [-0.39, 0.29) is 5.92 Å². The highest BCUT2D eigenvalue weighted by Gasteiger charge is 2.18. The van der Waals surface area contributed by atoms with Crippen molar-refractivity contribution in [1.82, 2.24) is 0 Å². The van der Waals surface area contributed by atoms with Gasteiger partial charge in [-0.2, -0.15) is 0 Å². The van der Waals surface area contributed by atoms with Crippen LogP contribution in [0.3, 0.4) is 0 Å². The third-order valence-corrected chi connectivity index (χ3v) is 4.94. The number of hydrogen-bond donors (Lipinski definition) is 1. The molecule has 27 heavy (non-hydrogen) atoms. The molecule has 0 aromatic heterocycles. The van der Waals surface area contributed by atoms with E-state index in [0.717, 1.165) is 25.7 Å². The lowest BCUT2D eigenvalue weighted by molar-refractivity contribution is 0.151. The second-order valence-corrected chi connectivity index (χ2v) is 7.08. The third-order valence-electron chi connectivity index (χ3n) is 4.94. The largest absolute Gasteiger partial charge is 0.389 e. The molecule has 0 amide bonds. The zero-order chi connectivity index (χ0) is 18.7. The normalized spacial score (nSPS) is 12.5. The highest BCUT2D eigenvalue weighted by Crippen LogP contribution is 2.19. The molecule has 1 N–H and O–H groups in total. The molecule has 0 saturated heterocycles. The minimum Gasteiger partial charge on any atom is -0.389 e. The highest BCUT2D eigenvalue weighted by molar-refractivity contribution is 5.20. The van der Waals surface area contributed by atoms with E-state index in [1.165, 1.54) is 16.7 Å². The summed E-state index contributed by atoms with van der Waals surface area (Å²) >= 11 is 0. The van der Waals surface area contributed by atoms with Crippen LogP contribution >= 0.6 is 0 Å². The molecule has 3 aromatic rings. The van der Waals surface area contributed by atoms with Crippen LogP contribution in [-0.2, 0) is 19.3 Å². The SMILES string of the molecule is OC(/C=C/CCc1ccccc1)C(Cc1ccccc1)Cc1ccccc1. The molecule has 3 aromatic carbocycles. The van der Waals surface area contributed by atoms with Crippen molar-refractivity contribution in [3.05, 3.63) is 120 Å². The number of allylic oxidation sites excluding steroid dienone is 1. The Balaban J connectivity index is 1.62. The molecule has 1 nitrogen and oxygen atoms in total. The van der Waals surface area contributed by atoms with Gasteiger partial charge in [0.1, 0.15) is 0 Å². The van der Waals surface area contributed by atoms with Gasteiger partial charge in [0, 0.05) is 0 Å². The van der Waals surface area contributed by atoms with Gasteiger partial charge in [-0.15, -0.1) is 0 Å². The predicted molar refractivity (Wildman–Crippen MR) is 114 cm³/mol. The van der Waals surface area contributed by atoms with Crippen LogP contribution in [0, 0.1) is 5.92 Å². The lowest BCUT2D eigenvalue weighted by Gasteiger charge is -2.21. The molecule has 0 aliphatic heterocycles. The molecule has 138 valence electrons. The fraction of sp³-hybridized carbons (Fsp3) is 0.231. The van der Waals surface area contributed by atoms with Crippen molar-refractivity contribution in [1.29, 1.82) is 0 Å². The standard InChI is InChI=1S/C26H28O/c27-26(19-11-10-14-22-12-4-1-5-13-22)25(20-23-15-6-2-7-16-23)21-24-17-8-3-9-18-24/h1-9,11-13,15-19,25-27H,10,14,20-21H2/b19-11+.